The van der Waals surface area contributed by atoms with Crippen LogP contribution in [0.2, 0.25) is 0 Å². The second-order valence-electron chi connectivity index (χ2n) is 7.59. The largest absolute Gasteiger partial charge is 0.334 e. The van der Waals surface area contributed by atoms with Gasteiger partial charge in [0.2, 0.25) is 5.91 Å². The molecule has 0 aliphatic carbocycles. The molecule has 0 unspecified atom stereocenters. The highest BCUT2D eigenvalue weighted by Crippen LogP contribution is 2.40. The molecule has 0 radical (unpaired) electrons. The van der Waals surface area contributed by atoms with Gasteiger partial charge in [-0.1, -0.05) is 24.3 Å². The molecule has 0 saturated carbocycles. The van der Waals surface area contributed by atoms with Gasteiger partial charge in [-0.3, -0.25) is 19.6 Å². The standard InChI is InChI=1S/C22H20N4O2/c27-20(12-16-4-3-9-23-13-16)26-11-8-22(26)14-25(15-22)21(28)18-7-10-24-19-6-2-1-5-17(18)19/h1-7,9-10,13H,8,11-12,14-15H2. The molecule has 2 fully saturated rings. The summed E-state index contributed by atoms with van der Waals surface area (Å²) in [5.74, 6) is 0.122. The first kappa shape index (κ1) is 16.9. The van der Waals surface area contributed by atoms with Gasteiger partial charge in [0.15, 0.2) is 0 Å². The van der Waals surface area contributed by atoms with Gasteiger partial charge in [0.25, 0.3) is 5.91 Å². The van der Waals surface area contributed by atoms with Crippen LogP contribution in [0.5, 0.6) is 0 Å². The van der Waals surface area contributed by atoms with Crippen LogP contribution in [0.4, 0.5) is 0 Å². The van der Waals surface area contributed by atoms with E-state index < -0.39 is 0 Å². The van der Waals surface area contributed by atoms with Crippen LogP contribution in [0, 0.1) is 0 Å². The van der Waals surface area contributed by atoms with E-state index in [1.165, 1.54) is 0 Å². The molecule has 3 aromatic rings. The van der Waals surface area contributed by atoms with Crippen LogP contribution in [0.3, 0.4) is 0 Å². The number of likely N-dealkylation sites (tertiary alicyclic amines) is 2. The van der Waals surface area contributed by atoms with E-state index in [2.05, 4.69) is 9.97 Å². The van der Waals surface area contributed by atoms with Gasteiger partial charge < -0.3 is 9.80 Å². The third-order valence-electron chi connectivity index (χ3n) is 5.89. The number of hydrogen-bond acceptors (Lipinski definition) is 4. The number of carbonyl (C=O) groups excluding carboxylic acids is 2. The van der Waals surface area contributed by atoms with Gasteiger partial charge in [0.05, 0.1) is 23.0 Å². The average Bonchev–Trinajstić information content (AvgIpc) is 2.66. The van der Waals surface area contributed by atoms with E-state index in [-0.39, 0.29) is 17.4 Å². The summed E-state index contributed by atoms with van der Waals surface area (Å²) < 4.78 is 0. The highest BCUT2D eigenvalue weighted by Gasteiger charge is 2.56. The Morgan fingerprint density at radius 3 is 2.64 bits per heavy atom. The molecule has 0 bridgehead atoms. The van der Waals surface area contributed by atoms with Crippen LogP contribution in [-0.2, 0) is 11.2 Å². The van der Waals surface area contributed by atoms with Crippen molar-refractivity contribution in [1.29, 1.82) is 0 Å². The summed E-state index contributed by atoms with van der Waals surface area (Å²) in [4.78, 5) is 37.9. The smallest absolute Gasteiger partial charge is 0.254 e. The molecular weight excluding hydrogens is 352 g/mol. The first-order valence-electron chi connectivity index (χ1n) is 9.49. The van der Waals surface area contributed by atoms with Gasteiger partial charge in [0.1, 0.15) is 0 Å². The molecule has 1 spiro atoms. The lowest BCUT2D eigenvalue weighted by molar-refractivity contribution is -0.161. The molecule has 140 valence electrons. The minimum Gasteiger partial charge on any atom is -0.334 e. The number of benzene rings is 1. The number of fused-ring (bicyclic) bond motifs is 1. The lowest BCUT2D eigenvalue weighted by Crippen LogP contribution is -2.78. The Kier molecular flexibility index (Phi) is 3.86. The van der Waals surface area contributed by atoms with E-state index >= 15 is 0 Å². The molecule has 0 N–H and O–H groups in total. The summed E-state index contributed by atoms with van der Waals surface area (Å²) in [6, 6.07) is 13.2. The van der Waals surface area contributed by atoms with Gasteiger partial charge in [0, 0.05) is 43.6 Å². The maximum Gasteiger partial charge on any atom is 0.254 e. The Morgan fingerprint density at radius 1 is 1.04 bits per heavy atom. The lowest BCUT2D eigenvalue weighted by atomic mass is 9.76. The maximum atomic E-state index is 13.0. The molecule has 0 atom stereocenters. The van der Waals surface area contributed by atoms with Crippen LogP contribution < -0.4 is 0 Å². The van der Waals surface area contributed by atoms with E-state index in [4.69, 9.17) is 0 Å². The van der Waals surface area contributed by atoms with Crippen molar-refractivity contribution < 1.29 is 9.59 Å². The predicted octanol–water partition coefficient (Wildman–Crippen LogP) is 2.30. The summed E-state index contributed by atoms with van der Waals surface area (Å²) in [5.41, 5.74) is 2.23. The quantitative estimate of drug-likeness (QED) is 0.708. The molecule has 4 heterocycles. The fourth-order valence-corrected chi connectivity index (χ4v) is 4.29. The van der Waals surface area contributed by atoms with Crippen LogP contribution in [-0.4, -0.2) is 56.8 Å². The highest BCUT2D eigenvalue weighted by molar-refractivity contribution is 6.06. The monoisotopic (exact) mass is 372 g/mol. The summed E-state index contributed by atoms with van der Waals surface area (Å²) in [5, 5.41) is 0.870. The number of rotatable bonds is 3. The fraction of sp³-hybridized carbons (Fsp3) is 0.273. The van der Waals surface area contributed by atoms with E-state index in [9.17, 15) is 9.59 Å². The first-order chi connectivity index (χ1) is 13.7. The molecule has 2 aromatic heterocycles. The van der Waals surface area contributed by atoms with E-state index in [1.54, 1.807) is 24.7 Å². The molecule has 6 heteroatoms. The highest BCUT2D eigenvalue weighted by atomic mass is 16.2. The second-order valence-corrected chi connectivity index (χ2v) is 7.59. The zero-order valence-corrected chi connectivity index (χ0v) is 15.4. The Morgan fingerprint density at radius 2 is 1.89 bits per heavy atom. The van der Waals surface area contributed by atoms with Crippen molar-refractivity contribution in [3.8, 4) is 0 Å². The molecule has 2 amide bonds. The molecule has 6 nitrogen and oxygen atoms in total. The third kappa shape index (κ3) is 2.64. The number of aromatic nitrogens is 2. The number of hydrogen-bond donors (Lipinski definition) is 0. The molecule has 28 heavy (non-hydrogen) atoms. The number of amides is 2. The Bertz CT molecular complexity index is 1060. The third-order valence-corrected chi connectivity index (χ3v) is 5.89. The summed E-state index contributed by atoms with van der Waals surface area (Å²) in [6.07, 6.45) is 6.43. The normalized spacial score (nSPS) is 17.3. The molecule has 2 aliphatic heterocycles. The van der Waals surface area contributed by atoms with Crippen molar-refractivity contribution in [3.05, 3.63) is 72.2 Å². The summed E-state index contributed by atoms with van der Waals surface area (Å²) in [6.45, 7) is 1.96. The topological polar surface area (TPSA) is 66.4 Å². The van der Waals surface area contributed by atoms with Crippen molar-refractivity contribution in [2.75, 3.05) is 19.6 Å². The molecule has 2 saturated heterocycles. The van der Waals surface area contributed by atoms with Crippen molar-refractivity contribution in [2.45, 2.75) is 18.4 Å². The van der Waals surface area contributed by atoms with E-state index in [1.807, 2.05) is 46.2 Å². The summed E-state index contributed by atoms with van der Waals surface area (Å²) >= 11 is 0. The van der Waals surface area contributed by atoms with E-state index in [0.717, 1.165) is 29.4 Å². The fourth-order valence-electron chi connectivity index (χ4n) is 4.29. The van der Waals surface area contributed by atoms with Crippen LogP contribution in [0.15, 0.2) is 61.1 Å². The van der Waals surface area contributed by atoms with Crippen molar-refractivity contribution in [3.63, 3.8) is 0 Å². The van der Waals surface area contributed by atoms with Crippen LogP contribution in [0.1, 0.15) is 22.3 Å². The number of carbonyl (C=O) groups is 2. The summed E-state index contributed by atoms with van der Waals surface area (Å²) in [7, 11) is 0. The average molecular weight is 372 g/mol. The van der Waals surface area contributed by atoms with Gasteiger partial charge in [-0.05, 0) is 30.2 Å². The van der Waals surface area contributed by atoms with E-state index in [0.29, 0.717) is 25.1 Å². The first-order valence-corrected chi connectivity index (χ1v) is 9.49. The van der Waals surface area contributed by atoms with Gasteiger partial charge >= 0.3 is 0 Å². The number of pyridine rings is 2. The second kappa shape index (κ2) is 6.41. The molecule has 1 aromatic carbocycles. The molecular formula is C22H20N4O2. The lowest BCUT2D eigenvalue weighted by Gasteiger charge is -2.62. The predicted molar refractivity (Wildman–Crippen MR) is 105 cm³/mol. The van der Waals surface area contributed by atoms with Gasteiger partial charge in [-0.25, -0.2) is 0 Å². The molecule has 5 rings (SSSR count). The molecule has 2 aliphatic rings. The van der Waals surface area contributed by atoms with Crippen LogP contribution >= 0.6 is 0 Å². The van der Waals surface area contributed by atoms with Gasteiger partial charge in [-0.2, -0.15) is 0 Å². The van der Waals surface area contributed by atoms with Crippen LogP contribution in [0.25, 0.3) is 10.9 Å². The minimum absolute atomic E-state index is 0.00998. The number of para-hydroxylation sites is 1. The van der Waals surface area contributed by atoms with Crippen molar-refractivity contribution in [1.82, 2.24) is 19.8 Å². The Labute approximate surface area is 162 Å². The Balaban J connectivity index is 1.29. The maximum absolute atomic E-state index is 13.0. The SMILES string of the molecule is O=C(c1ccnc2ccccc12)N1CC2(CCN2C(=O)Cc2cccnc2)C1. The van der Waals surface area contributed by atoms with Crippen molar-refractivity contribution in [2.24, 2.45) is 0 Å². The number of nitrogens with zero attached hydrogens (tertiary/aromatic N) is 4. The zero-order valence-electron chi connectivity index (χ0n) is 15.4. The van der Waals surface area contributed by atoms with Gasteiger partial charge in [-0.15, -0.1) is 0 Å². The zero-order chi connectivity index (χ0) is 19.1. The Hall–Kier alpha value is -3.28. The van der Waals surface area contributed by atoms with Crippen molar-refractivity contribution >= 4 is 22.7 Å². The minimum atomic E-state index is -0.183.